The van der Waals surface area contributed by atoms with Gasteiger partial charge in [-0.2, -0.15) is 5.26 Å². The van der Waals surface area contributed by atoms with Crippen LogP contribution in [0.3, 0.4) is 0 Å². The van der Waals surface area contributed by atoms with Gasteiger partial charge in [-0.25, -0.2) is 0 Å². The van der Waals surface area contributed by atoms with Crippen molar-refractivity contribution in [2.45, 2.75) is 0 Å². The Labute approximate surface area is 123 Å². The van der Waals surface area contributed by atoms with E-state index >= 15 is 0 Å². The van der Waals surface area contributed by atoms with E-state index in [1.807, 2.05) is 36.4 Å². The van der Waals surface area contributed by atoms with Crippen molar-refractivity contribution in [2.75, 3.05) is 31.6 Å². The number of hydrogen-bond donors (Lipinski definition) is 2. The van der Waals surface area contributed by atoms with Crippen molar-refractivity contribution in [2.24, 2.45) is 0 Å². The predicted molar refractivity (Wildman–Crippen MR) is 79.1 cm³/mol. The first kappa shape index (κ1) is 14.4. The minimum Gasteiger partial charge on any atom is -0.378 e. The van der Waals surface area contributed by atoms with E-state index in [0.29, 0.717) is 26.3 Å². The lowest BCUT2D eigenvalue weighted by molar-refractivity contribution is -0.130. The number of thiol groups is 1. The van der Waals surface area contributed by atoms with Crippen LogP contribution in [0.2, 0.25) is 0 Å². The summed E-state index contributed by atoms with van der Waals surface area (Å²) in [4.78, 5) is 13.9. The third-order valence-corrected chi connectivity index (χ3v) is 3.23. The summed E-state index contributed by atoms with van der Waals surface area (Å²) in [6.07, 6.45) is 0. The number of para-hydroxylation sites is 1. The average molecular weight is 289 g/mol. The Bertz CT molecular complexity index is 545. The Morgan fingerprint density at radius 3 is 2.55 bits per heavy atom. The summed E-state index contributed by atoms with van der Waals surface area (Å²) < 4.78 is 5.19. The maximum Gasteiger partial charge on any atom is 0.267 e. The summed E-state index contributed by atoms with van der Waals surface area (Å²) in [5, 5.41) is 12.4. The topological polar surface area (TPSA) is 65.4 Å². The first-order chi connectivity index (χ1) is 9.72. The molecule has 1 N–H and O–H groups in total. The molecule has 104 valence electrons. The maximum atomic E-state index is 12.3. The molecule has 1 amide bonds. The zero-order valence-electron chi connectivity index (χ0n) is 10.9. The van der Waals surface area contributed by atoms with E-state index in [-0.39, 0.29) is 16.5 Å². The number of morpholine rings is 1. The molecular formula is C14H15N3O2S. The van der Waals surface area contributed by atoms with Crippen LogP contribution in [0.4, 0.5) is 5.69 Å². The second kappa shape index (κ2) is 6.98. The first-order valence-electron chi connectivity index (χ1n) is 6.25. The zero-order valence-corrected chi connectivity index (χ0v) is 11.8. The molecule has 0 aromatic heterocycles. The molecule has 0 radical (unpaired) electrons. The van der Waals surface area contributed by atoms with Gasteiger partial charge in [0.15, 0.2) is 0 Å². The molecule has 5 nitrogen and oxygen atoms in total. The van der Waals surface area contributed by atoms with E-state index in [0.717, 1.165) is 5.69 Å². The summed E-state index contributed by atoms with van der Waals surface area (Å²) in [5.41, 5.74) is 0.791. The van der Waals surface area contributed by atoms with Gasteiger partial charge in [0.2, 0.25) is 0 Å². The highest BCUT2D eigenvalue weighted by atomic mass is 32.1. The van der Waals surface area contributed by atoms with Crippen molar-refractivity contribution in [1.29, 1.82) is 5.26 Å². The number of benzene rings is 1. The third kappa shape index (κ3) is 3.53. The number of nitriles is 1. The second-order valence-electron chi connectivity index (χ2n) is 4.23. The summed E-state index contributed by atoms with van der Waals surface area (Å²) in [6, 6.07) is 11.2. The minimum atomic E-state index is -0.316. The molecule has 0 bridgehead atoms. The fourth-order valence-electron chi connectivity index (χ4n) is 1.85. The lowest BCUT2D eigenvalue weighted by Crippen LogP contribution is -2.41. The standard InChI is InChI=1S/C14H15N3O2S/c15-10-12(14(18)17-6-8-19-9-7-17)13(20)16-11-4-2-1-3-5-11/h1-5,16,20H,6-9H2. The van der Waals surface area contributed by atoms with Gasteiger partial charge in [0, 0.05) is 18.8 Å². The van der Waals surface area contributed by atoms with E-state index in [1.165, 1.54) is 0 Å². The van der Waals surface area contributed by atoms with Crippen LogP contribution in [0.15, 0.2) is 40.9 Å². The first-order valence-corrected chi connectivity index (χ1v) is 6.69. The fraction of sp³-hybridized carbons (Fsp3) is 0.286. The molecular weight excluding hydrogens is 274 g/mol. The van der Waals surface area contributed by atoms with Crippen molar-refractivity contribution in [3.8, 4) is 6.07 Å². The molecule has 6 heteroatoms. The normalized spacial score (nSPS) is 16.1. The Kier molecular flexibility index (Phi) is 5.04. The number of carbonyl (C=O) groups is 1. The highest BCUT2D eigenvalue weighted by Gasteiger charge is 2.22. The van der Waals surface area contributed by atoms with Crippen molar-refractivity contribution in [1.82, 2.24) is 4.90 Å². The fourth-order valence-corrected chi connectivity index (χ4v) is 2.12. The summed E-state index contributed by atoms with van der Waals surface area (Å²) in [5.74, 6) is -0.316. The van der Waals surface area contributed by atoms with Crippen LogP contribution in [-0.2, 0) is 9.53 Å². The van der Waals surface area contributed by atoms with Crippen LogP contribution in [-0.4, -0.2) is 37.1 Å². The van der Waals surface area contributed by atoms with E-state index in [9.17, 15) is 10.1 Å². The van der Waals surface area contributed by atoms with Gasteiger partial charge in [-0.15, -0.1) is 12.6 Å². The molecule has 1 aromatic carbocycles. The lowest BCUT2D eigenvalue weighted by Gasteiger charge is -2.26. The van der Waals surface area contributed by atoms with E-state index in [4.69, 9.17) is 4.74 Å². The number of nitrogens with one attached hydrogen (secondary N) is 1. The van der Waals surface area contributed by atoms with Gasteiger partial charge in [-0.3, -0.25) is 4.79 Å². The van der Waals surface area contributed by atoms with Crippen LogP contribution in [0.25, 0.3) is 0 Å². The molecule has 1 fully saturated rings. The van der Waals surface area contributed by atoms with E-state index < -0.39 is 0 Å². The molecule has 0 spiro atoms. The Hall–Kier alpha value is -1.97. The minimum absolute atomic E-state index is 0.0130. The third-order valence-electron chi connectivity index (χ3n) is 2.90. The lowest BCUT2D eigenvalue weighted by atomic mass is 10.2. The van der Waals surface area contributed by atoms with Gasteiger partial charge in [0.05, 0.1) is 18.2 Å². The maximum absolute atomic E-state index is 12.3. The number of carbonyl (C=O) groups excluding carboxylic acids is 1. The molecule has 0 atom stereocenters. The Balaban J connectivity index is 2.15. The molecule has 1 saturated heterocycles. The number of anilines is 1. The highest BCUT2D eigenvalue weighted by molar-refractivity contribution is 7.84. The monoisotopic (exact) mass is 289 g/mol. The van der Waals surface area contributed by atoms with Gasteiger partial charge in [-0.1, -0.05) is 18.2 Å². The molecule has 1 heterocycles. The average Bonchev–Trinajstić information content (AvgIpc) is 2.49. The number of nitrogens with zero attached hydrogens (tertiary/aromatic N) is 2. The van der Waals surface area contributed by atoms with Crippen LogP contribution >= 0.6 is 12.6 Å². The largest absolute Gasteiger partial charge is 0.378 e. The van der Waals surface area contributed by atoms with Crippen molar-refractivity contribution >= 4 is 24.2 Å². The van der Waals surface area contributed by atoms with Crippen LogP contribution in [0.1, 0.15) is 0 Å². The molecule has 0 aliphatic carbocycles. The van der Waals surface area contributed by atoms with Crippen LogP contribution in [0, 0.1) is 11.3 Å². The summed E-state index contributed by atoms with van der Waals surface area (Å²) in [6.45, 7) is 1.99. The van der Waals surface area contributed by atoms with Crippen molar-refractivity contribution < 1.29 is 9.53 Å². The SMILES string of the molecule is N#CC(C(=O)N1CCOCC1)=C(S)Nc1ccccc1. The van der Waals surface area contributed by atoms with Crippen molar-refractivity contribution in [3.63, 3.8) is 0 Å². The van der Waals surface area contributed by atoms with Gasteiger partial charge >= 0.3 is 0 Å². The Morgan fingerprint density at radius 2 is 1.95 bits per heavy atom. The van der Waals surface area contributed by atoms with E-state index in [2.05, 4.69) is 17.9 Å². The highest BCUT2D eigenvalue weighted by Crippen LogP contribution is 2.16. The summed E-state index contributed by atoms with van der Waals surface area (Å²) >= 11 is 4.24. The van der Waals surface area contributed by atoms with Gasteiger partial charge < -0.3 is 15.0 Å². The van der Waals surface area contributed by atoms with Crippen LogP contribution in [0.5, 0.6) is 0 Å². The quantitative estimate of drug-likeness (QED) is 0.504. The summed E-state index contributed by atoms with van der Waals surface area (Å²) in [7, 11) is 0. The molecule has 1 aliphatic heterocycles. The van der Waals surface area contributed by atoms with Gasteiger partial charge in [-0.05, 0) is 12.1 Å². The number of hydrogen-bond acceptors (Lipinski definition) is 5. The number of amides is 1. The molecule has 0 unspecified atom stereocenters. The second-order valence-corrected chi connectivity index (χ2v) is 4.68. The number of ether oxygens (including phenoxy) is 1. The molecule has 1 aliphatic rings. The molecule has 1 aromatic rings. The predicted octanol–water partition coefficient (Wildman–Crippen LogP) is 1.62. The molecule has 2 rings (SSSR count). The van der Waals surface area contributed by atoms with Crippen LogP contribution < -0.4 is 5.32 Å². The van der Waals surface area contributed by atoms with E-state index in [1.54, 1.807) is 4.90 Å². The van der Waals surface area contributed by atoms with Gasteiger partial charge in [0.1, 0.15) is 11.6 Å². The molecule has 0 saturated carbocycles. The number of rotatable bonds is 3. The molecule has 20 heavy (non-hydrogen) atoms. The Morgan fingerprint density at radius 1 is 1.30 bits per heavy atom. The smallest absolute Gasteiger partial charge is 0.267 e. The zero-order chi connectivity index (χ0) is 14.4. The van der Waals surface area contributed by atoms with Crippen molar-refractivity contribution in [3.05, 3.63) is 40.9 Å². The van der Waals surface area contributed by atoms with Gasteiger partial charge in [0.25, 0.3) is 5.91 Å².